The van der Waals surface area contributed by atoms with Crippen LogP contribution in [0.1, 0.15) is 198 Å². The van der Waals surface area contributed by atoms with Crippen LogP contribution < -0.4 is 0 Å². The van der Waals surface area contributed by atoms with Crippen LogP contribution in [0, 0.1) is 47.3 Å². The molecule has 3 fully saturated rings. The van der Waals surface area contributed by atoms with Crippen LogP contribution in [0.2, 0.25) is 0 Å². The summed E-state index contributed by atoms with van der Waals surface area (Å²) in [5, 5.41) is 96.6. The van der Waals surface area contributed by atoms with Crippen molar-refractivity contribution in [3.05, 3.63) is 0 Å². The Morgan fingerprint density at radius 1 is 0.410 bits per heavy atom. The molecule has 0 radical (unpaired) electrons. The monoisotopic (exact) mass is 1220 g/mol. The summed E-state index contributed by atoms with van der Waals surface area (Å²) >= 11 is 0. The fourth-order valence-electron chi connectivity index (χ4n) is 11.4. The predicted octanol–water partition coefficient (Wildman–Crippen LogP) is 6.61. The van der Waals surface area contributed by atoms with Gasteiger partial charge in [-0.05, 0) is 60.2 Å². The van der Waals surface area contributed by atoms with Gasteiger partial charge in [-0.1, -0.05) is 185 Å². The number of aliphatic hydroxyl groups is 9. The SMILES string of the molecule is CC(C)CCCC(C)CCCC(C)CCCC(C)CCOCC(COC1OC(CO)C(O)C(O)C1OC1OC(COC2OC(CO)C(O)C(OS(=O)(=O)O)C2O)C(O)C(O)C1O)OCCC(C)CCCC(C)CCCC(C)CCCC(C)C. The van der Waals surface area contributed by atoms with E-state index in [-0.39, 0.29) is 13.2 Å². The fourth-order valence-corrected chi connectivity index (χ4v) is 12.0. The summed E-state index contributed by atoms with van der Waals surface area (Å²) < 4.78 is 84.3. The summed E-state index contributed by atoms with van der Waals surface area (Å²) in [4.78, 5) is 0. The molecule has 0 aromatic rings. The first-order chi connectivity index (χ1) is 39.2. The molecule has 0 aliphatic carbocycles. The number of aliphatic hydroxyl groups excluding tert-OH is 9. The van der Waals surface area contributed by atoms with E-state index < -0.39 is 128 Å². The molecule has 22 heteroatoms. The summed E-state index contributed by atoms with van der Waals surface area (Å²) in [7, 11) is -5.23. The Labute approximate surface area is 499 Å². The van der Waals surface area contributed by atoms with Crippen LogP contribution in [0.4, 0.5) is 0 Å². The first kappa shape index (κ1) is 76.4. The summed E-state index contributed by atoms with van der Waals surface area (Å²) in [5.74, 6) is 5.29. The second kappa shape index (κ2) is 40.7. The smallest absolute Gasteiger partial charge is 0.394 e. The third kappa shape index (κ3) is 29.6. The molecule has 3 aliphatic rings. The average molecular weight is 1220 g/mol. The third-order valence-corrected chi connectivity index (χ3v) is 17.7. The van der Waals surface area contributed by atoms with E-state index in [1.165, 1.54) is 89.9 Å². The van der Waals surface area contributed by atoms with Crippen molar-refractivity contribution in [3.8, 4) is 0 Å². The number of hydrogen-bond donors (Lipinski definition) is 10. The van der Waals surface area contributed by atoms with E-state index >= 15 is 0 Å². The molecule has 3 rings (SSSR count). The lowest BCUT2D eigenvalue weighted by molar-refractivity contribution is -0.373. The van der Waals surface area contributed by atoms with Gasteiger partial charge in [0.1, 0.15) is 79.4 Å². The van der Waals surface area contributed by atoms with Gasteiger partial charge in [0.2, 0.25) is 0 Å². The Balaban J connectivity index is 1.64. The van der Waals surface area contributed by atoms with Gasteiger partial charge >= 0.3 is 10.4 Å². The van der Waals surface area contributed by atoms with E-state index in [4.69, 9.17) is 37.9 Å². The molecular formula is C61H118O21S. The van der Waals surface area contributed by atoms with Gasteiger partial charge < -0.3 is 83.9 Å². The van der Waals surface area contributed by atoms with Crippen LogP contribution >= 0.6 is 0 Å². The molecule has 0 spiro atoms. The average Bonchev–Trinajstić information content (AvgIpc) is 3.63. The van der Waals surface area contributed by atoms with Crippen molar-refractivity contribution in [2.45, 2.75) is 296 Å². The minimum atomic E-state index is -5.23. The highest BCUT2D eigenvalue weighted by Gasteiger charge is 2.53. The van der Waals surface area contributed by atoms with E-state index in [1.807, 2.05) is 0 Å². The number of ether oxygens (including phenoxy) is 8. The van der Waals surface area contributed by atoms with Crippen LogP contribution in [0.5, 0.6) is 0 Å². The number of hydrogen-bond acceptors (Lipinski definition) is 20. The summed E-state index contributed by atoms with van der Waals surface area (Å²) in [6.07, 6.45) is -3.64. The van der Waals surface area contributed by atoms with Crippen molar-refractivity contribution in [1.82, 2.24) is 0 Å². The molecule has 494 valence electrons. The lowest BCUT2D eigenvalue weighted by Crippen LogP contribution is -2.65. The summed E-state index contributed by atoms with van der Waals surface area (Å²) in [6, 6.07) is 0. The van der Waals surface area contributed by atoms with Crippen LogP contribution in [0.25, 0.3) is 0 Å². The van der Waals surface area contributed by atoms with Crippen molar-refractivity contribution in [3.63, 3.8) is 0 Å². The summed E-state index contributed by atoms with van der Waals surface area (Å²) in [6.45, 7) is 21.6. The fraction of sp³-hybridized carbons (Fsp3) is 1.00. The van der Waals surface area contributed by atoms with Gasteiger partial charge in [0.05, 0.1) is 33.0 Å². The van der Waals surface area contributed by atoms with Gasteiger partial charge in [0.15, 0.2) is 18.9 Å². The maximum Gasteiger partial charge on any atom is 0.397 e. The molecule has 21 nitrogen and oxygen atoms in total. The maximum atomic E-state index is 11.5. The zero-order valence-electron chi connectivity index (χ0n) is 52.3. The molecule has 10 N–H and O–H groups in total. The van der Waals surface area contributed by atoms with Gasteiger partial charge in [-0.15, -0.1) is 0 Å². The van der Waals surface area contributed by atoms with Crippen molar-refractivity contribution >= 4 is 10.4 Å². The second-order valence-corrected chi connectivity index (χ2v) is 27.4. The van der Waals surface area contributed by atoms with Crippen molar-refractivity contribution < 1.29 is 101 Å². The molecule has 83 heavy (non-hydrogen) atoms. The van der Waals surface area contributed by atoms with E-state index in [1.54, 1.807) is 0 Å². The molecular weight excluding hydrogens is 1100 g/mol. The Morgan fingerprint density at radius 3 is 1.28 bits per heavy atom. The normalized spacial score (nSPS) is 31.7. The van der Waals surface area contributed by atoms with Gasteiger partial charge in [-0.3, -0.25) is 4.55 Å². The highest BCUT2D eigenvalue weighted by Crippen LogP contribution is 2.33. The molecule has 0 aromatic carbocycles. The van der Waals surface area contributed by atoms with Gasteiger partial charge in [-0.25, -0.2) is 4.18 Å². The topological polar surface area (TPSA) is 320 Å². The van der Waals surface area contributed by atoms with Crippen LogP contribution in [-0.4, -0.2) is 203 Å². The Kier molecular flexibility index (Phi) is 37.5. The third-order valence-electron chi connectivity index (χ3n) is 17.3. The van der Waals surface area contributed by atoms with Crippen molar-refractivity contribution in [1.29, 1.82) is 0 Å². The molecule has 0 bridgehead atoms. The molecule has 3 saturated heterocycles. The lowest BCUT2D eigenvalue weighted by Gasteiger charge is -2.46. The van der Waals surface area contributed by atoms with Crippen molar-refractivity contribution in [2.75, 3.05) is 46.2 Å². The molecule has 22 unspecified atom stereocenters. The van der Waals surface area contributed by atoms with Crippen LogP contribution in [0.3, 0.4) is 0 Å². The van der Waals surface area contributed by atoms with Gasteiger partial charge in [-0.2, -0.15) is 8.42 Å². The largest absolute Gasteiger partial charge is 0.397 e. The number of rotatable bonds is 45. The van der Waals surface area contributed by atoms with Crippen LogP contribution in [-0.2, 0) is 52.5 Å². The maximum absolute atomic E-state index is 11.5. The zero-order valence-corrected chi connectivity index (χ0v) is 53.1. The van der Waals surface area contributed by atoms with E-state index in [2.05, 4.69) is 73.4 Å². The minimum Gasteiger partial charge on any atom is -0.394 e. The lowest BCUT2D eigenvalue weighted by atomic mass is 9.91. The van der Waals surface area contributed by atoms with Gasteiger partial charge in [0.25, 0.3) is 0 Å². The van der Waals surface area contributed by atoms with E-state index in [0.29, 0.717) is 36.9 Å². The highest BCUT2D eigenvalue weighted by atomic mass is 32.3. The molecule has 22 atom stereocenters. The van der Waals surface area contributed by atoms with Crippen LogP contribution in [0.15, 0.2) is 0 Å². The second-order valence-electron chi connectivity index (χ2n) is 26.3. The molecule has 0 aromatic heterocycles. The molecule has 3 aliphatic heterocycles. The Hall–Kier alpha value is -0.810. The Bertz CT molecular complexity index is 1750. The first-order valence-electron chi connectivity index (χ1n) is 31.9. The summed E-state index contributed by atoms with van der Waals surface area (Å²) in [5.41, 5.74) is 0. The molecule has 0 amide bonds. The quantitative estimate of drug-likeness (QED) is 0.0226. The highest BCUT2D eigenvalue weighted by molar-refractivity contribution is 7.80. The molecule has 0 saturated carbocycles. The van der Waals surface area contributed by atoms with Crippen molar-refractivity contribution in [2.24, 2.45) is 47.3 Å². The molecule has 3 heterocycles. The van der Waals surface area contributed by atoms with E-state index in [9.17, 15) is 58.9 Å². The zero-order chi connectivity index (χ0) is 61.8. The van der Waals surface area contributed by atoms with E-state index in [0.717, 1.165) is 62.2 Å². The van der Waals surface area contributed by atoms with Gasteiger partial charge in [0, 0.05) is 13.2 Å². The standard InChI is InChI=1S/C61H118O21S/c1-38(2)17-11-19-40(5)21-13-23-42(7)25-15-27-44(9)29-31-74-35-46(75-32-30-45(10)28-16-26-43(8)24-14-22-41(6)20-12-18-39(3)4)36-76-61-58(54(68)50(64)47(33-62)79-61)81-60-55(69)53(67)51(65)49(80-60)37-77-59-56(70)57(82-83(71,72)73)52(66)48(34-63)78-59/h38-70H,11-37H2,1-10H3,(H,71,72,73). The first-order valence-corrected chi connectivity index (χ1v) is 33.3. The minimum absolute atomic E-state index is 0.153. The Morgan fingerprint density at radius 2 is 0.819 bits per heavy atom. The predicted molar refractivity (Wildman–Crippen MR) is 313 cm³/mol.